The zero-order valence-corrected chi connectivity index (χ0v) is 15.0. The topological polar surface area (TPSA) is 55.8 Å². The van der Waals surface area contributed by atoms with Crippen LogP contribution in [0.5, 0.6) is 0 Å². The number of ketones is 1. The molecule has 0 aromatic rings. The first-order valence-corrected chi connectivity index (χ1v) is 8.88. The molecule has 0 aromatic heterocycles. The van der Waals surface area contributed by atoms with Crippen LogP contribution in [0, 0.1) is 5.92 Å². The predicted molar refractivity (Wildman–Crippen MR) is 88.3 cm³/mol. The summed E-state index contributed by atoms with van der Waals surface area (Å²) >= 11 is 0. The number of carbonyl (C=O) groups excluding carboxylic acids is 2. The van der Waals surface area contributed by atoms with Crippen LogP contribution in [0.3, 0.4) is 0 Å². The van der Waals surface area contributed by atoms with Gasteiger partial charge in [-0.25, -0.2) is 4.79 Å². The molecule has 0 N–H and O–H groups in total. The Morgan fingerprint density at radius 2 is 1.43 bits per heavy atom. The highest BCUT2D eigenvalue weighted by molar-refractivity contribution is 5.78. The highest BCUT2D eigenvalue weighted by atomic mass is 16.6. The van der Waals surface area contributed by atoms with Gasteiger partial charge in [-0.1, -0.05) is 0 Å². The Morgan fingerprint density at radius 3 is 1.91 bits per heavy atom. The van der Waals surface area contributed by atoms with Crippen molar-refractivity contribution in [3.63, 3.8) is 0 Å². The summed E-state index contributed by atoms with van der Waals surface area (Å²) in [6.45, 7) is 8.75. The molecule has 0 unspecified atom stereocenters. The van der Waals surface area contributed by atoms with E-state index in [0.29, 0.717) is 18.9 Å². The molecule has 132 valence electrons. The molecule has 0 aromatic carbocycles. The van der Waals surface area contributed by atoms with Crippen molar-refractivity contribution in [3.8, 4) is 0 Å². The van der Waals surface area contributed by atoms with E-state index in [1.165, 1.54) is 0 Å². The first-order valence-electron chi connectivity index (χ1n) is 8.88. The van der Waals surface area contributed by atoms with Crippen molar-refractivity contribution in [1.29, 1.82) is 0 Å². The molecule has 0 spiro atoms. The lowest BCUT2D eigenvalue weighted by atomic mass is 9.85. The second-order valence-corrected chi connectivity index (χ2v) is 7.89. The fourth-order valence-electron chi connectivity index (χ4n) is 3.38. The standard InChI is InChI=1S/C18H31NO4/c1-13(20)14-5-7-15(8-6-14)22-16-9-11-19(12-10-16)17(21)23-18(2,3)4/h14-16H,5-12H2,1-4H3. The number of piperidine rings is 1. The molecule has 0 atom stereocenters. The summed E-state index contributed by atoms with van der Waals surface area (Å²) in [7, 11) is 0. The Morgan fingerprint density at radius 1 is 0.913 bits per heavy atom. The molecule has 0 bridgehead atoms. The van der Waals surface area contributed by atoms with Gasteiger partial charge < -0.3 is 14.4 Å². The Hall–Kier alpha value is -1.10. The molecule has 2 fully saturated rings. The molecular weight excluding hydrogens is 294 g/mol. The minimum Gasteiger partial charge on any atom is -0.444 e. The lowest BCUT2D eigenvalue weighted by Crippen LogP contribution is -2.44. The lowest BCUT2D eigenvalue weighted by molar-refractivity contribution is -0.123. The zero-order valence-electron chi connectivity index (χ0n) is 15.0. The van der Waals surface area contributed by atoms with Gasteiger partial charge in [-0.05, 0) is 66.2 Å². The molecule has 1 heterocycles. The number of likely N-dealkylation sites (tertiary alicyclic amines) is 1. The first-order chi connectivity index (χ1) is 10.7. The maximum atomic E-state index is 12.0. The van der Waals surface area contributed by atoms with Crippen LogP contribution >= 0.6 is 0 Å². The summed E-state index contributed by atoms with van der Waals surface area (Å²) < 4.78 is 11.6. The molecule has 2 aliphatic rings. The summed E-state index contributed by atoms with van der Waals surface area (Å²) in [5.41, 5.74) is -0.445. The fourth-order valence-corrected chi connectivity index (χ4v) is 3.38. The number of Topliss-reactive ketones (excluding diaryl/α,β-unsaturated/α-hetero) is 1. The maximum absolute atomic E-state index is 12.0. The van der Waals surface area contributed by atoms with Gasteiger partial charge in [0.15, 0.2) is 0 Å². The highest BCUT2D eigenvalue weighted by Gasteiger charge is 2.30. The van der Waals surface area contributed by atoms with Crippen molar-refractivity contribution in [2.24, 2.45) is 5.92 Å². The summed E-state index contributed by atoms with van der Waals surface area (Å²) in [5.74, 6) is 0.554. The van der Waals surface area contributed by atoms with E-state index >= 15 is 0 Å². The monoisotopic (exact) mass is 325 g/mol. The average Bonchev–Trinajstić information content (AvgIpc) is 2.46. The molecule has 5 heteroatoms. The van der Waals surface area contributed by atoms with Crippen LogP contribution in [0.2, 0.25) is 0 Å². The summed E-state index contributed by atoms with van der Waals surface area (Å²) in [6, 6.07) is 0. The summed E-state index contributed by atoms with van der Waals surface area (Å²) in [4.78, 5) is 25.2. The summed E-state index contributed by atoms with van der Waals surface area (Å²) in [6.07, 6.45) is 5.90. The largest absolute Gasteiger partial charge is 0.444 e. The molecule has 5 nitrogen and oxygen atoms in total. The smallest absolute Gasteiger partial charge is 0.410 e. The van der Waals surface area contributed by atoms with Gasteiger partial charge in [-0.3, -0.25) is 4.79 Å². The van der Waals surface area contributed by atoms with Crippen molar-refractivity contribution in [2.45, 2.75) is 84.0 Å². The Bertz CT molecular complexity index is 413. The number of ether oxygens (including phenoxy) is 2. The van der Waals surface area contributed by atoms with E-state index in [1.54, 1.807) is 11.8 Å². The average molecular weight is 325 g/mol. The molecule has 1 amide bonds. The van der Waals surface area contributed by atoms with Crippen molar-refractivity contribution in [3.05, 3.63) is 0 Å². The first kappa shape index (κ1) is 18.2. The quantitative estimate of drug-likeness (QED) is 0.796. The number of amides is 1. The van der Waals surface area contributed by atoms with Gasteiger partial charge in [0.1, 0.15) is 11.4 Å². The normalized spacial score (nSPS) is 26.9. The second kappa shape index (κ2) is 7.65. The predicted octanol–water partition coefficient (Wildman–Crippen LogP) is 3.55. The highest BCUT2D eigenvalue weighted by Crippen LogP contribution is 2.29. The molecular formula is C18H31NO4. The third kappa shape index (κ3) is 5.79. The van der Waals surface area contributed by atoms with Crippen LogP contribution in [0.25, 0.3) is 0 Å². The molecule has 2 rings (SSSR count). The van der Waals surface area contributed by atoms with Crippen LogP contribution in [0.1, 0.15) is 66.2 Å². The van der Waals surface area contributed by atoms with E-state index in [1.807, 2.05) is 20.8 Å². The van der Waals surface area contributed by atoms with E-state index in [2.05, 4.69) is 0 Å². The van der Waals surface area contributed by atoms with Gasteiger partial charge in [0.05, 0.1) is 12.2 Å². The van der Waals surface area contributed by atoms with Gasteiger partial charge in [0, 0.05) is 19.0 Å². The van der Waals surface area contributed by atoms with Crippen LogP contribution in [0.15, 0.2) is 0 Å². The van der Waals surface area contributed by atoms with E-state index in [0.717, 1.165) is 38.5 Å². The van der Waals surface area contributed by atoms with Crippen LogP contribution < -0.4 is 0 Å². The Balaban J connectivity index is 1.69. The van der Waals surface area contributed by atoms with Crippen molar-refractivity contribution >= 4 is 11.9 Å². The third-order valence-electron chi connectivity index (χ3n) is 4.73. The number of hydrogen-bond acceptors (Lipinski definition) is 4. The van der Waals surface area contributed by atoms with Gasteiger partial charge in [-0.2, -0.15) is 0 Å². The molecule has 1 aliphatic carbocycles. The fraction of sp³-hybridized carbons (Fsp3) is 0.889. The minimum absolute atomic E-state index is 0.224. The number of hydrogen-bond donors (Lipinski definition) is 0. The van der Waals surface area contributed by atoms with Gasteiger partial charge in [0.25, 0.3) is 0 Å². The zero-order chi connectivity index (χ0) is 17.0. The molecule has 23 heavy (non-hydrogen) atoms. The molecule has 1 saturated carbocycles. The molecule has 1 aliphatic heterocycles. The van der Waals surface area contributed by atoms with Crippen LogP contribution in [0.4, 0.5) is 4.79 Å². The minimum atomic E-state index is -0.445. The number of carbonyl (C=O) groups is 2. The molecule has 1 saturated heterocycles. The SMILES string of the molecule is CC(=O)C1CCC(OC2CCN(C(=O)OC(C)(C)C)CC2)CC1. The van der Waals surface area contributed by atoms with E-state index in [-0.39, 0.29) is 24.2 Å². The number of rotatable bonds is 3. The van der Waals surface area contributed by atoms with Crippen molar-refractivity contribution < 1.29 is 19.1 Å². The number of nitrogens with zero attached hydrogens (tertiary/aromatic N) is 1. The van der Waals surface area contributed by atoms with Gasteiger partial charge >= 0.3 is 6.09 Å². The van der Waals surface area contributed by atoms with E-state index in [9.17, 15) is 9.59 Å². The van der Waals surface area contributed by atoms with Gasteiger partial charge in [0.2, 0.25) is 0 Å². The maximum Gasteiger partial charge on any atom is 0.410 e. The lowest BCUT2D eigenvalue weighted by Gasteiger charge is -2.36. The van der Waals surface area contributed by atoms with E-state index < -0.39 is 5.60 Å². The van der Waals surface area contributed by atoms with Crippen molar-refractivity contribution in [2.75, 3.05) is 13.1 Å². The van der Waals surface area contributed by atoms with Crippen LogP contribution in [-0.2, 0) is 14.3 Å². The molecule has 0 radical (unpaired) electrons. The van der Waals surface area contributed by atoms with Crippen LogP contribution in [-0.4, -0.2) is 47.7 Å². The Labute approximate surface area is 139 Å². The van der Waals surface area contributed by atoms with Crippen molar-refractivity contribution in [1.82, 2.24) is 4.90 Å². The summed E-state index contributed by atoms with van der Waals surface area (Å²) in [5, 5.41) is 0. The van der Waals surface area contributed by atoms with E-state index in [4.69, 9.17) is 9.47 Å². The Kier molecular flexibility index (Phi) is 6.06. The van der Waals surface area contributed by atoms with Gasteiger partial charge in [-0.15, -0.1) is 0 Å². The third-order valence-corrected chi connectivity index (χ3v) is 4.73. The second-order valence-electron chi connectivity index (χ2n) is 7.89.